The van der Waals surface area contributed by atoms with E-state index in [0.29, 0.717) is 50.9 Å². The van der Waals surface area contributed by atoms with E-state index in [1.54, 1.807) is 11.0 Å². The van der Waals surface area contributed by atoms with Crippen LogP contribution in [0, 0.1) is 16.7 Å². The molecule has 0 radical (unpaired) electrons. The molecule has 2 amide bonds. The molecular weight excluding hydrogens is 763 g/mol. The summed E-state index contributed by atoms with van der Waals surface area (Å²) in [5.74, 6) is -0.598. The van der Waals surface area contributed by atoms with Crippen molar-refractivity contribution < 1.29 is 38.1 Å². The molecule has 3 aromatic carbocycles. The van der Waals surface area contributed by atoms with Crippen LogP contribution in [0.4, 0.5) is 9.59 Å². The van der Waals surface area contributed by atoms with Gasteiger partial charge in [-0.1, -0.05) is 43.0 Å². The van der Waals surface area contributed by atoms with Crippen molar-refractivity contribution in [3.05, 3.63) is 140 Å². The van der Waals surface area contributed by atoms with Crippen LogP contribution in [-0.2, 0) is 41.8 Å². The summed E-state index contributed by atoms with van der Waals surface area (Å²) in [7, 11) is 2.77. The van der Waals surface area contributed by atoms with Crippen molar-refractivity contribution >= 4 is 43.5 Å². The Balaban J connectivity index is 0.000000253. The monoisotopic (exact) mass is 816 g/mol. The van der Waals surface area contributed by atoms with Crippen molar-refractivity contribution in [2.45, 2.75) is 44.2 Å². The third-order valence-corrected chi connectivity index (χ3v) is 12.5. The molecule has 0 aliphatic carbocycles. The van der Waals surface area contributed by atoms with Crippen LogP contribution in [0.2, 0.25) is 5.32 Å². The number of likely N-dealkylation sites (tertiary alicyclic amines) is 2. The van der Waals surface area contributed by atoms with E-state index in [2.05, 4.69) is 31.9 Å². The average Bonchev–Trinajstić information content (AvgIpc) is 3.78. The molecule has 2 aliphatic heterocycles. The molecule has 55 heavy (non-hydrogen) atoms. The number of ether oxygens (including phenoxy) is 4. The number of hydrogen-bond donors (Lipinski definition) is 0. The van der Waals surface area contributed by atoms with Crippen molar-refractivity contribution in [1.29, 1.82) is 0 Å². The first kappa shape index (κ1) is 42.6. The molecule has 2 saturated heterocycles. The number of benzene rings is 3. The van der Waals surface area contributed by atoms with E-state index < -0.39 is 16.9 Å². The number of amides is 2. The molecule has 292 valence electrons. The predicted octanol–water partition coefficient (Wildman–Crippen LogP) is 7.15. The number of hydrogen-bond acceptors (Lipinski definition) is 8. The summed E-state index contributed by atoms with van der Waals surface area (Å²) in [6.07, 6.45) is 5.19. The van der Waals surface area contributed by atoms with Crippen LogP contribution in [0.5, 0.6) is 0 Å². The molecule has 2 heterocycles. The van der Waals surface area contributed by atoms with Crippen molar-refractivity contribution in [2.24, 2.45) is 16.7 Å². The Morgan fingerprint density at radius 1 is 0.727 bits per heavy atom. The van der Waals surface area contributed by atoms with Crippen molar-refractivity contribution in [1.82, 2.24) is 9.80 Å². The molecule has 3 unspecified atom stereocenters. The van der Waals surface area contributed by atoms with E-state index in [4.69, 9.17) is 18.9 Å². The van der Waals surface area contributed by atoms with Gasteiger partial charge >= 0.3 is 203 Å². The molecule has 10 nitrogen and oxygen atoms in total. The van der Waals surface area contributed by atoms with Crippen LogP contribution in [0.25, 0.3) is 0 Å². The van der Waals surface area contributed by atoms with Gasteiger partial charge in [-0.15, -0.1) is 6.58 Å². The molecule has 0 bridgehead atoms. The van der Waals surface area contributed by atoms with Gasteiger partial charge in [0.15, 0.2) is 0 Å². The molecule has 0 saturated carbocycles. The number of rotatable bonds is 15. The zero-order valence-electron chi connectivity index (χ0n) is 31.9. The summed E-state index contributed by atoms with van der Waals surface area (Å²) >= 11 is 0.198. The normalized spacial score (nSPS) is 20.1. The Morgan fingerprint density at radius 2 is 1.24 bits per heavy atom. The minimum atomic E-state index is -0.880. The van der Waals surface area contributed by atoms with Crippen LogP contribution in [0.15, 0.2) is 128 Å². The molecule has 2 aliphatic rings. The molecule has 0 spiro atoms. The van der Waals surface area contributed by atoms with Gasteiger partial charge in [-0.25, -0.2) is 4.79 Å². The van der Waals surface area contributed by atoms with Gasteiger partial charge in [0.2, 0.25) is 0 Å². The zero-order valence-corrected chi connectivity index (χ0v) is 33.6. The van der Waals surface area contributed by atoms with Gasteiger partial charge in [0.05, 0.1) is 7.11 Å². The Bertz CT molecular complexity index is 1760. The topological polar surface area (TPSA) is 112 Å². The summed E-state index contributed by atoms with van der Waals surface area (Å²) in [4.78, 5) is 53.6. The molecule has 0 aromatic heterocycles. The molecule has 3 atom stereocenters. The van der Waals surface area contributed by atoms with Gasteiger partial charge in [0, 0.05) is 13.1 Å². The summed E-state index contributed by atoms with van der Waals surface area (Å²) in [5.41, 5.74) is 0.910. The second kappa shape index (κ2) is 21.1. The third kappa shape index (κ3) is 11.2. The first-order chi connectivity index (χ1) is 26.6. The van der Waals surface area contributed by atoms with Gasteiger partial charge in [0.1, 0.15) is 12.0 Å². The molecular formula is C44H52N2O8Se. The van der Waals surface area contributed by atoms with E-state index in [-0.39, 0.29) is 58.7 Å². The predicted molar refractivity (Wildman–Crippen MR) is 213 cm³/mol. The Kier molecular flexibility index (Phi) is 16.3. The minimum absolute atomic E-state index is 0.0179. The number of methoxy groups -OCH3 is 2. The first-order valence-electron chi connectivity index (χ1n) is 18.3. The van der Waals surface area contributed by atoms with E-state index in [9.17, 15) is 19.2 Å². The van der Waals surface area contributed by atoms with Crippen molar-refractivity contribution in [3.8, 4) is 0 Å². The molecule has 11 heteroatoms. The molecule has 2 fully saturated rings. The molecule has 0 N–H and O–H groups in total. The zero-order chi connectivity index (χ0) is 39.7. The number of nitrogens with zero attached hydrogens (tertiary/aromatic N) is 2. The van der Waals surface area contributed by atoms with Crippen LogP contribution >= 0.6 is 0 Å². The SMILES string of the molecule is C=CCCC1(C(=O)OC)CN(C(=O)OCc2ccccc2)CC1=C.C=CCCC1(C(=O)OC)CN(C(=O)OCc2ccccc2)CC1C[Se]c1ccccc1. The van der Waals surface area contributed by atoms with Gasteiger partial charge in [0.25, 0.3) is 0 Å². The number of carbonyl (C=O) groups is 4. The molecule has 5 rings (SSSR count). The van der Waals surface area contributed by atoms with Crippen LogP contribution < -0.4 is 4.46 Å². The standard InChI is InChI=1S/C25H29NO4Se.C19H23NO4/c1-3-4-15-25(23(27)29-2)19-26(24(28)30-17-20-11-7-5-8-12-20)16-21(25)18-31-22-13-9-6-10-14-22;1-4-5-11-19(17(21)23-3)14-20(12-15(19)2)18(22)24-13-16-9-7-6-8-10-16/h3,5-14,21H,1,4,15-19H2,2H3;4,6-10H,1-2,5,11-14H2,3H3. The Labute approximate surface area is 331 Å². The number of esters is 2. The second-order valence-corrected chi connectivity index (χ2v) is 15.9. The maximum atomic E-state index is 13.0. The van der Waals surface area contributed by atoms with E-state index >= 15 is 0 Å². The summed E-state index contributed by atoms with van der Waals surface area (Å²) in [5, 5.41) is 0.853. The Morgan fingerprint density at radius 3 is 1.76 bits per heavy atom. The van der Waals surface area contributed by atoms with Crippen LogP contribution in [-0.4, -0.2) is 89.3 Å². The van der Waals surface area contributed by atoms with E-state index in [1.165, 1.54) is 23.6 Å². The van der Waals surface area contributed by atoms with Crippen molar-refractivity contribution in [2.75, 3.05) is 40.4 Å². The van der Waals surface area contributed by atoms with Crippen molar-refractivity contribution in [3.63, 3.8) is 0 Å². The fourth-order valence-corrected chi connectivity index (χ4v) is 9.41. The van der Waals surface area contributed by atoms with Gasteiger partial charge in [-0.2, -0.15) is 0 Å². The van der Waals surface area contributed by atoms with Gasteiger partial charge < -0.3 is 14.4 Å². The fraction of sp³-hybridized carbons (Fsp3) is 0.364. The van der Waals surface area contributed by atoms with Crippen LogP contribution in [0.3, 0.4) is 0 Å². The maximum absolute atomic E-state index is 13.0. The van der Waals surface area contributed by atoms with E-state index in [0.717, 1.165) is 16.4 Å². The van der Waals surface area contributed by atoms with Gasteiger partial charge in [-0.05, 0) is 24.0 Å². The third-order valence-electron chi connectivity index (χ3n) is 10.1. The van der Waals surface area contributed by atoms with E-state index in [1.807, 2.05) is 84.9 Å². The fourth-order valence-electron chi connectivity index (χ4n) is 6.96. The molecule has 3 aromatic rings. The quantitative estimate of drug-likeness (QED) is 0.0689. The number of allylic oxidation sites excluding steroid dienone is 2. The Hall–Kier alpha value is -5.12. The number of carbonyl (C=O) groups excluding carboxylic acids is 4. The average molecular weight is 816 g/mol. The van der Waals surface area contributed by atoms with Crippen LogP contribution in [0.1, 0.15) is 36.8 Å². The summed E-state index contributed by atoms with van der Waals surface area (Å²) < 4.78 is 22.4. The second-order valence-electron chi connectivity index (χ2n) is 13.6. The summed E-state index contributed by atoms with van der Waals surface area (Å²) in [6, 6.07) is 29.4. The van der Waals surface area contributed by atoms with Gasteiger partial charge in [-0.3, -0.25) is 4.79 Å². The first-order valence-corrected chi connectivity index (χ1v) is 20.3. The summed E-state index contributed by atoms with van der Waals surface area (Å²) in [6.45, 7) is 13.2.